The van der Waals surface area contributed by atoms with Crippen molar-refractivity contribution in [3.8, 4) is 22.9 Å². The second-order valence-electron chi connectivity index (χ2n) is 4.53. The molecule has 2 rings (SSSR count). The Hall–Kier alpha value is -2.49. The Morgan fingerprint density at radius 2 is 2.05 bits per heavy atom. The Kier molecular flexibility index (Phi) is 3.89. The van der Waals surface area contributed by atoms with Gasteiger partial charge in [-0.1, -0.05) is 0 Å². The number of aromatic nitrogens is 2. The zero-order valence-corrected chi connectivity index (χ0v) is 11.4. The Balaban J connectivity index is 2.39. The smallest absolute Gasteiger partial charge is 0.408 e. The Morgan fingerprint density at radius 3 is 2.62 bits per heavy atom. The Morgan fingerprint density at radius 1 is 1.33 bits per heavy atom. The molecular formula is C14H12F3N3O. The molecule has 21 heavy (non-hydrogen) atoms. The highest BCUT2D eigenvalue weighted by atomic mass is 19.4. The summed E-state index contributed by atoms with van der Waals surface area (Å²) >= 11 is 0. The molecule has 0 aliphatic rings. The summed E-state index contributed by atoms with van der Waals surface area (Å²) in [6.45, 7) is 0.622. The molecule has 110 valence electrons. The molecule has 0 aliphatic carbocycles. The lowest BCUT2D eigenvalue weighted by atomic mass is 10.0. The molecule has 0 amide bonds. The van der Waals surface area contributed by atoms with Gasteiger partial charge in [-0.15, -0.1) is 0 Å². The molecule has 4 nitrogen and oxygen atoms in total. The van der Waals surface area contributed by atoms with Gasteiger partial charge in [-0.05, 0) is 30.2 Å². The van der Waals surface area contributed by atoms with Gasteiger partial charge in [-0.25, -0.2) is 0 Å². The van der Waals surface area contributed by atoms with Crippen molar-refractivity contribution in [3.05, 3.63) is 35.7 Å². The van der Waals surface area contributed by atoms with E-state index in [2.05, 4.69) is 5.10 Å². The van der Waals surface area contributed by atoms with E-state index in [1.807, 2.05) is 6.07 Å². The summed E-state index contributed by atoms with van der Waals surface area (Å²) in [6.07, 6.45) is -1.68. The lowest BCUT2D eigenvalue weighted by Crippen LogP contribution is -2.17. The number of methoxy groups -OCH3 is 1. The first kappa shape index (κ1) is 14.9. The van der Waals surface area contributed by atoms with Gasteiger partial charge in [0.15, 0.2) is 0 Å². The molecule has 7 heteroatoms. The third-order valence-electron chi connectivity index (χ3n) is 2.91. The topological polar surface area (TPSA) is 50.8 Å². The van der Waals surface area contributed by atoms with Crippen LogP contribution >= 0.6 is 0 Å². The van der Waals surface area contributed by atoms with Crippen LogP contribution in [-0.2, 0) is 6.54 Å². The summed E-state index contributed by atoms with van der Waals surface area (Å²) in [7, 11) is 1.46. The first-order valence-electron chi connectivity index (χ1n) is 6.02. The molecular weight excluding hydrogens is 283 g/mol. The molecule has 0 fully saturated rings. The summed E-state index contributed by atoms with van der Waals surface area (Å²) in [5.74, 6) is 0.462. The number of benzene rings is 1. The highest BCUT2D eigenvalue weighted by Crippen LogP contribution is 2.30. The summed E-state index contributed by atoms with van der Waals surface area (Å²) in [5, 5.41) is 12.8. The molecule has 0 radical (unpaired) electrons. The largest absolute Gasteiger partial charge is 0.495 e. The van der Waals surface area contributed by atoms with Crippen molar-refractivity contribution in [3.63, 3.8) is 0 Å². The third-order valence-corrected chi connectivity index (χ3v) is 2.91. The van der Waals surface area contributed by atoms with Crippen molar-refractivity contribution >= 4 is 0 Å². The minimum absolute atomic E-state index is 0.330. The lowest BCUT2D eigenvalue weighted by molar-refractivity contribution is -0.142. The molecule has 0 saturated heterocycles. The summed E-state index contributed by atoms with van der Waals surface area (Å²) in [5.41, 5.74) is 2.20. The van der Waals surface area contributed by atoms with Gasteiger partial charge in [-0.3, -0.25) is 4.68 Å². The van der Waals surface area contributed by atoms with E-state index >= 15 is 0 Å². The number of aryl methyl sites for hydroxylation is 1. The molecule has 0 atom stereocenters. The van der Waals surface area contributed by atoms with Crippen LogP contribution in [0.1, 0.15) is 11.1 Å². The zero-order chi connectivity index (χ0) is 15.6. The highest BCUT2D eigenvalue weighted by Gasteiger charge is 2.28. The van der Waals surface area contributed by atoms with Crippen molar-refractivity contribution in [1.82, 2.24) is 9.78 Å². The molecule has 0 unspecified atom stereocenters. The quantitative estimate of drug-likeness (QED) is 0.873. The minimum Gasteiger partial charge on any atom is -0.495 e. The van der Waals surface area contributed by atoms with Gasteiger partial charge in [-0.2, -0.15) is 23.5 Å². The summed E-state index contributed by atoms with van der Waals surface area (Å²) < 4.78 is 42.9. The van der Waals surface area contributed by atoms with E-state index in [0.29, 0.717) is 22.4 Å². The van der Waals surface area contributed by atoms with Crippen LogP contribution in [0.5, 0.6) is 5.75 Å². The number of nitrogens with zero attached hydrogens (tertiary/aromatic N) is 3. The number of alkyl halides is 3. The molecule has 0 aliphatic heterocycles. The fraction of sp³-hybridized carbons (Fsp3) is 0.286. The third kappa shape index (κ3) is 3.34. The van der Waals surface area contributed by atoms with E-state index in [-0.39, 0.29) is 0 Å². The summed E-state index contributed by atoms with van der Waals surface area (Å²) in [6, 6.07) is 5.33. The molecule has 0 bridgehead atoms. The molecule has 0 N–H and O–H groups in total. The normalized spacial score (nSPS) is 11.2. The van der Waals surface area contributed by atoms with Gasteiger partial charge in [0.05, 0.1) is 18.9 Å². The predicted molar refractivity (Wildman–Crippen MR) is 69.7 cm³/mol. The van der Waals surface area contributed by atoms with E-state index in [4.69, 9.17) is 10.00 Å². The maximum absolute atomic E-state index is 12.3. The number of hydrogen-bond acceptors (Lipinski definition) is 3. The van der Waals surface area contributed by atoms with E-state index in [1.54, 1.807) is 19.1 Å². The number of hydrogen-bond donors (Lipinski definition) is 0. The molecule has 1 aromatic heterocycles. The van der Waals surface area contributed by atoms with E-state index in [0.717, 1.165) is 10.2 Å². The second kappa shape index (κ2) is 5.48. The predicted octanol–water partition coefficient (Wildman–Crippen LogP) is 3.30. The summed E-state index contributed by atoms with van der Waals surface area (Å²) in [4.78, 5) is 0. The van der Waals surface area contributed by atoms with E-state index in [9.17, 15) is 13.2 Å². The molecule has 0 saturated carbocycles. The van der Waals surface area contributed by atoms with Gasteiger partial charge in [0.2, 0.25) is 0 Å². The van der Waals surface area contributed by atoms with E-state index in [1.165, 1.54) is 19.5 Å². The van der Waals surface area contributed by atoms with Crippen LogP contribution in [0.4, 0.5) is 13.2 Å². The Labute approximate surface area is 119 Å². The van der Waals surface area contributed by atoms with Crippen LogP contribution in [0, 0.1) is 18.3 Å². The maximum Gasteiger partial charge on any atom is 0.408 e. The van der Waals surface area contributed by atoms with Gasteiger partial charge in [0.25, 0.3) is 0 Å². The fourth-order valence-corrected chi connectivity index (χ4v) is 2.08. The number of rotatable bonds is 3. The van der Waals surface area contributed by atoms with Gasteiger partial charge < -0.3 is 4.74 Å². The number of halogens is 3. The second-order valence-corrected chi connectivity index (χ2v) is 4.53. The standard InChI is InChI=1S/C14H12F3N3O/c1-9-3-10(4-11(5-18)13(9)21-2)12-6-19-20(7-12)8-14(15,16)17/h3-4,6-7H,8H2,1-2H3. The van der Waals surface area contributed by atoms with Gasteiger partial charge in [0.1, 0.15) is 18.4 Å². The van der Waals surface area contributed by atoms with Gasteiger partial charge in [0, 0.05) is 11.8 Å². The van der Waals surface area contributed by atoms with Crippen molar-refractivity contribution < 1.29 is 17.9 Å². The maximum atomic E-state index is 12.3. The van der Waals surface area contributed by atoms with Crippen molar-refractivity contribution in [2.45, 2.75) is 19.6 Å². The van der Waals surface area contributed by atoms with Crippen molar-refractivity contribution in [1.29, 1.82) is 5.26 Å². The van der Waals surface area contributed by atoms with Crippen LogP contribution in [-0.4, -0.2) is 23.1 Å². The highest BCUT2D eigenvalue weighted by molar-refractivity contribution is 5.68. The molecule has 2 aromatic rings. The lowest BCUT2D eigenvalue weighted by Gasteiger charge is -2.09. The van der Waals surface area contributed by atoms with Gasteiger partial charge >= 0.3 is 6.18 Å². The van der Waals surface area contributed by atoms with E-state index < -0.39 is 12.7 Å². The zero-order valence-electron chi connectivity index (χ0n) is 11.4. The van der Waals surface area contributed by atoms with Crippen molar-refractivity contribution in [2.75, 3.05) is 7.11 Å². The number of ether oxygens (including phenoxy) is 1. The van der Waals surface area contributed by atoms with Crippen LogP contribution in [0.15, 0.2) is 24.5 Å². The van der Waals surface area contributed by atoms with Crippen molar-refractivity contribution in [2.24, 2.45) is 0 Å². The Bertz CT molecular complexity index is 698. The first-order chi connectivity index (χ1) is 9.84. The van der Waals surface area contributed by atoms with Crippen LogP contribution in [0.3, 0.4) is 0 Å². The van der Waals surface area contributed by atoms with Crippen LogP contribution in [0.2, 0.25) is 0 Å². The first-order valence-corrected chi connectivity index (χ1v) is 6.02. The van der Waals surface area contributed by atoms with Crippen LogP contribution in [0.25, 0.3) is 11.1 Å². The average Bonchev–Trinajstić information content (AvgIpc) is 2.83. The van der Waals surface area contributed by atoms with Crippen LogP contribution < -0.4 is 4.74 Å². The monoisotopic (exact) mass is 295 g/mol. The fourth-order valence-electron chi connectivity index (χ4n) is 2.08. The molecule has 0 spiro atoms. The SMILES string of the molecule is COc1c(C)cc(-c2cnn(CC(F)(F)F)c2)cc1C#N. The molecule has 1 heterocycles. The average molecular weight is 295 g/mol. The minimum atomic E-state index is -4.32. The molecule has 1 aromatic carbocycles. The number of nitriles is 1.